The summed E-state index contributed by atoms with van der Waals surface area (Å²) in [5.41, 5.74) is 0.00763. The van der Waals surface area contributed by atoms with Crippen LogP contribution in [0, 0.1) is 11.3 Å². The summed E-state index contributed by atoms with van der Waals surface area (Å²) in [6.07, 6.45) is 0. The fourth-order valence-electron chi connectivity index (χ4n) is 4.54. The molecule has 1 aromatic rings. The molecular formula is C28H48N4O4. The number of likely N-dealkylation sites (N-methyl/N-ethyl adjacent to an activating group) is 3. The topological polar surface area (TPSA) is 91.0 Å². The molecular weight excluding hydrogens is 456 g/mol. The molecule has 0 fully saturated rings. The number of nitrogens with one attached hydrogen (secondary N) is 2. The van der Waals surface area contributed by atoms with E-state index >= 15 is 0 Å². The predicted molar refractivity (Wildman–Crippen MR) is 145 cm³/mol. The zero-order chi connectivity index (χ0) is 27.8. The van der Waals surface area contributed by atoms with Gasteiger partial charge in [-0.15, -0.1) is 0 Å². The Labute approximate surface area is 218 Å². The summed E-state index contributed by atoms with van der Waals surface area (Å²) in [5.74, 6) is -0.573. The summed E-state index contributed by atoms with van der Waals surface area (Å²) in [6.45, 7) is 14.6. The number of hydrogen-bond donors (Lipinski definition) is 2. The van der Waals surface area contributed by atoms with Gasteiger partial charge in [0.15, 0.2) is 0 Å². The molecule has 0 heterocycles. The van der Waals surface area contributed by atoms with Crippen molar-refractivity contribution in [2.24, 2.45) is 11.3 Å². The second-order valence-electron chi connectivity index (χ2n) is 11.7. The number of rotatable bonds is 12. The minimum absolute atomic E-state index is 0.137. The molecule has 2 N–H and O–H groups in total. The van der Waals surface area contributed by atoms with Crippen LogP contribution in [0.5, 0.6) is 0 Å². The third-order valence-corrected chi connectivity index (χ3v) is 6.93. The van der Waals surface area contributed by atoms with Crippen molar-refractivity contribution in [1.82, 2.24) is 20.4 Å². The van der Waals surface area contributed by atoms with E-state index in [0.717, 1.165) is 5.56 Å². The Bertz CT molecular complexity index is 864. The maximum atomic E-state index is 13.8. The van der Waals surface area contributed by atoms with E-state index < -0.39 is 22.9 Å². The van der Waals surface area contributed by atoms with E-state index in [2.05, 4.69) is 10.6 Å². The molecule has 0 saturated carbocycles. The molecule has 3 atom stereocenters. The Morgan fingerprint density at radius 1 is 0.972 bits per heavy atom. The molecule has 0 aliphatic rings. The van der Waals surface area contributed by atoms with Crippen molar-refractivity contribution < 1.29 is 19.1 Å². The summed E-state index contributed by atoms with van der Waals surface area (Å²) >= 11 is 0. The Balaban J connectivity index is 3.18. The average Bonchev–Trinajstić information content (AvgIpc) is 2.79. The number of carbonyl (C=O) groups excluding carboxylic acids is 3. The predicted octanol–water partition coefficient (Wildman–Crippen LogP) is 2.67. The molecule has 2 amide bonds. The van der Waals surface area contributed by atoms with Gasteiger partial charge in [-0.25, -0.2) is 0 Å². The first kappa shape index (κ1) is 31.6. The second kappa shape index (κ2) is 13.2. The van der Waals surface area contributed by atoms with Gasteiger partial charge in [0.25, 0.3) is 0 Å². The van der Waals surface area contributed by atoms with Crippen molar-refractivity contribution >= 4 is 17.8 Å². The number of ether oxygens (including phenoxy) is 1. The van der Waals surface area contributed by atoms with Gasteiger partial charge in [-0.2, -0.15) is 0 Å². The van der Waals surface area contributed by atoms with Crippen LogP contribution in [0.2, 0.25) is 0 Å². The Morgan fingerprint density at radius 2 is 1.53 bits per heavy atom. The summed E-state index contributed by atoms with van der Waals surface area (Å²) < 4.78 is 4.78. The first-order chi connectivity index (χ1) is 16.6. The molecule has 0 bridgehead atoms. The lowest BCUT2D eigenvalue weighted by atomic mass is 9.76. The number of methoxy groups -OCH3 is 1. The van der Waals surface area contributed by atoms with E-state index in [1.54, 1.807) is 19.0 Å². The van der Waals surface area contributed by atoms with Gasteiger partial charge in [0.1, 0.15) is 6.04 Å². The fourth-order valence-corrected chi connectivity index (χ4v) is 4.54. The van der Waals surface area contributed by atoms with E-state index in [0.29, 0.717) is 6.54 Å². The highest BCUT2D eigenvalue weighted by molar-refractivity contribution is 5.91. The summed E-state index contributed by atoms with van der Waals surface area (Å²) in [5, 5.41) is 6.24. The molecule has 0 aliphatic carbocycles. The van der Waals surface area contributed by atoms with Crippen LogP contribution in [0.15, 0.2) is 30.3 Å². The molecule has 0 radical (unpaired) electrons. The number of esters is 1. The van der Waals surface area contributed by atoms with Crippen LogP contribution in [0.4, 0.5) is 0 Å². The molecule has 8 nitrogen and oxygen atoms in total. The molecule has 0 aromatic heterocycles. The van der Waals surface area contributed by atoms with E-state index in [1.165, 1.54) is 7.11 Å². The average molecular weight is 505 g/mol. The smallest absolute Gasteiger partial charge is 0.319 e. The SMILES string of the molecule is CN[C@H](C(=O)N[C@H](C(=O)N(C)[C@H](CN(C)CC(=O)OC)C(C)C)C(C)(C)C)C(C)(C)c1ccccc1. The van der Waals surface area contributed by atoms with Gasteiger partial charge in [0.05, 0.1) is 19.7 Å². The summed E-state index contributed by atoms with van der Waals surface area (Å²) in [4.78, 5) is 42.7. The van der Waals surface area contributed by atoms with Crippen molar-refractivity contribution in [3.8, 4) is 0 Å². The number of carbonyl (C=O) groups is 3. The Kier molecular flexibility index (Phi) is 11.6. The molecule has 1 aromatic carbocycles. The van der Waals surface area contributed by atoms with Gasteiger partial charge in [0.2, 0.25) is 11.8 Å². The monoisotopic (exact) mass is 504 g/mol. The van der Waals surface area contributed by atoms with Crippen molar-refractivity contribution in [2.75, 3.05) is 41.3 Å². The number of nitrogens with zero attached hydrogens (tertiary/aromatic N) is 2. The standard InChI is InChI=1S/C28H48N4O4/c1-19(2)21(17-31(9)18-22(33)36-11)32(10)26(35)24(27(3,4)5)30-25(34)23(29-8)28(6,7)20-15-13-12-14-16-20/h12-16,19,21,23-24,29H,17-18H2,1-11H3,(H,30,34)/t21-,23-,24-/m1/s1. The van der Waals surface area contributed by atoms with Gasteiger partial charge in [-0.05, 0) is 31.0 Å². The highest BCUT2D eigenvalue weighted by atomic mass is 16.5. The molecule has 8 heteroatoms. The minimum atomic E-state index is -0.732. The van der Waals surface area contributed by atoms with Gasteiger partial charge >= 0.3 is 5.97 Å². The summed E-state index contributed by atoms with van der Waals surface area (Å²) in [6, 6.07) is 8.45. The second-order valence-corrected chi connectivity index (χ2v) is 11.7. The van der Waals surface area contributed by atoms with Crippen LogP contribution in [0.3, 0.4) is 0 Å². The highest BCUT2D eigenvalue weighted by Gasteiger charge is 2.41. The van der Waals surface area contributed by atoms with Crippen molar-refractivity contribution in [3.05, 3.63) is 35.9 Å². The van der Waals surface area contributed by atoms with Gasteiger partial charge in [-0.3, -0.25) is 19.3 Å². The van der Waals surface area contributed by atoms with Crippen LogP contribution < -0.4 is 10.6 Å². The first-order valence-electron chi connectivity index (χ1n) is 12.6. The molecule has 36 heavy (non-hydrogen) atoms. The normalized spacial score (nSPS) is 14.8. The van der Waals surface area contributed by atoms with Crippen LogP contribution in [-0.2, 0) is 24.5 Å². The van der Waals surface area contributed by atoms with E-state index in [-0.39, 0.29) is 36.3 Å². The summed E-state index contributed by atoms with van der Waals surface area (Å²) in [7, 11) is 6.73. The van der Waals surface area contributed by atoms with E-state index in [4.69, 9.17) is 4.74 Å². The van der Waals surface area contributed by atoms with Crippen molar-refractivity contribution in [3.63, 3.8) is 0 Å². The third-order valence-electron chi connectivity index (χ3n) is 6.93. The van der Waals surface area contributed by atoms with Gasteiger partial charge in [-0.1, -0.05) is 78.8 Å². The van der Waals surface area contributed by atoms with Crippen molar-refractivity contribution in [1.29, 1.82) is 0 Å². The molecule has 0 spiro atoms. The largest absolute Gasteiger partial charge is 0.468 e. The minimum Gasteiger partial charge on any atom is -0.468 e. The first-order valence-corrected chi connectivity index (χ1v) is 12.6. The molecule has 0 unspecified atom stereocenters. The van der Waals surface area contributed by atoms with Crippen LogP contribution in [-0.4, -0.2) is 87.1 Å². The Morgan fingerprint density at radius 3 is 1.97 bits per heavy atom. The molecule has 204 valence electrons. The van der Waals surface area contributed by atoms with E-state index in [1.807, 2.05) is 90.7 Å². The van der Waals surface area contributed by atoms with Gasteiger partial charge in [0, 0.05) is 25.0 Å². The number of hydrogen-bond acceptors (Lipinski definition) is 6. The van der Waals surface area contributed by atoms with E-state index in [9.17, 15) is 14.4 Å². The third kappa shape index (κ3) is 8.30. The maximum Gasteiger partial charge on any atom is 0.319 e. The number of amides is 2. The zero-order valence-corrected chi connectivity index (χ0v) is 24.1. The van der Waals surface area contributed by atoms with Crippen LogP contribution in [0.1, 0.15) is 54.0 Å². The van der Waals surface area contributed by atoms with Crippen molar-refractivity contribution in [2.45, 2.75) is 72.0 Å². The van der Waals surface area contributed by atoms with Crippen LogP contribution >= 0.6 is 0 Å². The maximum absolute atomic E-state index is 13.8. The number of benzene rings is 1. The Hall–Kier alpha value is -2.45. The lowest BCUT2D eigenvalue weighted by Gasteiger charge is -2.41. The zero-order valence-electron chi connectivity index (χ0n) is 24.1. The van der Waals surface area contributed by atoms with Crippen LogP contribution in [0.25, 0.3) is 0 Å². The fraction of sp³-hybridized carbons (Fsp3) is 0.679. The lowest BCUT2D eigenvalue weighted by molar-refractivity contribution is -0.143. The highest BCUT2D eigenvalue weighted by Crippen LogP contribution is 2.29. The molecule has 1 rings (SSSR count). The molecule has 0 aliphatic heterocycles. The van der Waals surface area contributed by atoms with Gasteiger partial charge < -0.3 is 20.3 Å². The lowest BCUT2D eigenvalue weighted by Crippen LogP contribution is -2.62. The quantitative estimate of drug-likeness (QED) is 0.426. The molecule has 0 saturated heterocycles.